The first-order valence-electron chi connectivity index (χ1n) is 15.8. The third kappa shape index (κ3) is 7.30. The van der Waals surface area contributed by atoms with Crippen LogP contribution in [0.2, 0.25) is 0 Å². The molecule has 0 radical (unpaired) electrons. The molecule has 2 heterocycles. The van der Waals surface area contributed by atoms with Crippen LogP contribution in [0.1, 0.15) is 52.5 Å². The van der Waals surface area contributed by atoms with Crippen molar-refractivity contribution in [2.45, 2.75) is 31.4 Å². The highest BCUT2D eigenvalue weighted by molar-refractivity contribution is 7.98. The zero-order chi connectivity index (χ0) is 34.3. The summed E-state index contributed by atoms with van der Waals surface area (Å²) in [5.74, 6) is -0.303. The van der Waals surface area contributed by atoms with E-state index in [1.165, 1.54) is 11.3 Å². The number of benzene rings is 4. The minimum absolute atomic E-state index is 0.180. The van der Waals surface area contributed by atoms with Gasteiger partial charge in [-0.25, -0.2) is 14.6 Å². The van der Waals surface area contributed by atoms with E-state index in [0.29, 0.717) is 44.1 Å². The van der Waals surface area contributed by atoms with Gasteiger partial charge in [0, 0.05) is 16.0 Å². The molecule has 248 valence electrons. The summed E-state index contributed by atoms with van der Waals surface area (Å²) in [5, 5.41) is 0. The molecule has 1 aliphatic rings. The summed E-state index contributed by atoms with van der Waals surface area (Å²) in [6, 6.07) is 31.2. The van der Waals surface area contributed by atoms with Crippen LogP contribution in [-0.4, -0.2) is 36.0 Å². The van der Waals surface area contributed by atoms with Gasteiger partial charge in [-0.15, -0.1) is 11.8 Å². The van der Waals surface area contributed by atoms with Crippen LogP contribution >= 0.6 is 23.1 Å². The van der Waals surface area contributed by atoms with Crippen molar-refractivity contribution in [3.05, 3.63) is 156 Å². The Morgan fingerprint density at radius 3 is 2.22 bits per heavy atom. The van der Waals surface area contributed by atoms with Gasteiger partial charge in [0.25, 0.3) is 5.56 Å². The van der Waals surface area contributed by atoms with Gasteiger partial charge in [-0.05, 0) is 67.6 Å². The quantitative estimate of drug-likeness (QED) is 0.117. The maximum atomic E-state index is 14.3. The number of hydrogen-bond donors (Lipinski definition) is 0. The fourth-order valence-electron chi connectivity index (χ4n) is 5.53. The Bertz CT molecular complexity index is 2190. The van der Waals surface area contributed by atoms with Crippen LogP contribution in [0.4, 0.5) is 0 Å². The van der Waals surface area contributed by atoms with Crippen LogP contribution in [0.5, 0.6) is 5.75 Å². The van der Waals surface area contributed by atoms with Crippen LogP contribution in [0.3, 0.4) is 0 Å². The van der Waals surface area contributed by atoms with Gasteiger partial charge in [0.05, 0.1) is 40.6 Å². The maximum Gasteiger partial charge on any atom is 0.338 e. The van der Waals surface area contributed by atoms with Gasteiger partial charge < -0.3 is 14.2 Å². The molecule has 0 saturated heterocycles. The molecule has 1 aromatic heterocycles. The molecule has 0 unspecified atom stereocenters. The molecule has 1 atom stereocenters. The summed E-state index contributed by atoms with van der Waals surface area (Å²) >= 11 is 2.87. The predicted molar refractivity (Wildman–Crippen MR) is 192 cm³/mol. The Hall–Kier alpha value is -5.19. The predicted octanol–water partition coefficient (Wildman–Crippen LogP) is 6.41. The lowest BCUT2D eigenvalue weighted by Gasteiger charge is -2.26. The summed E-state index contributed by atoms with van der Waals surface area (Å²) in [6.07, 6.45) is 3.80. The molecular formula is C39H34N2O6S2. The monoisotopic (exact) mass is 690 g/mol. The number of para-hydroxylation sites is 1. The van der Waals surface area contributed by atoms with Crippen LogP contribution in [0, 0.1) is 0 Å². The fourth-order valence-corrected chi connectivity index (χ4v) is 6.93. The summed E-state index contributed by atoms with van der Waals surface area (Å²) < 4.78 is 18.9. The largest absolute Gasteiger partial charge is 0.488 e. The van der Waals surface area contributed by atoms with E-state index < -0.39 is 12.0 Å². The van der Waals surface area contributed by atoms with E-state index >= 15 is 0 Å². The first-order valence-corrected chi connectivity index (χ1v) is 17.9. The van der Waals surface area contributed by atoms with E-state index in [1.807, 2.05) is 97.3 Å². The van der Waals surface area contributed by atoms with E-state index in [-0.39, 0.29) is 24.7 Å². The molecule has 0 saturated carbocycles. The SMILES string of the molecule is CCOC(=O)C1=C(c2ccccc2)N=c2s/c(=C\c3ccccc3OCc3ccc(C(=O)OCC)cc3)c(=O)n2[C@H]1c1ccc(SC)cc1. The smallest absolute Gasteiger partial charge is 0.338 e. The van der Waals surface area contributed by atoms with Crippen molar-refractivity contribution in [2.75, 3.05) is 19.5 Å². The first kappa shape index (κ1) is 33.7. The third-order valence-electron chi connectivity index (χ3n) is 7.87. The Kier molecular flexibility index (Phi) is 10.6. The number of carbonyl (C=O) groups excluding carboxylic acids is 2. The highest BCUT2D eigenvalue weighted by atomic mass is 32.2. The molecule has 6 rings (SSSR count). The number of ether oxygens (including phenoxy) is 3. The van der Waals surface area contributed by atoms with Crippen LogP contribution in [-0.2, 0) is 20.9 Å². The van der Waals surface area contributed by atoms with Gasteiger partial charge in [0.15, 0.2) is 4.80 Å². The van der Waals surface area contributed by atoms with E-state index in [9.17, 15) is 14.4 Å². The Morgan fingerprint density at radius 2 is 1.53 bits per heavy atom. The molecule has 5 aromatic rings. The normalized spacial score (nSPS) is 14.2. The number of carbonyl (C=O) groups is 2. The summed E-state index contributed by atoms with van der Waals surface area (Å²) in [5.41, 5.74) is 4.09. The number of aromatic nitrogens is 1. The molecule has 49 heavy (non-hydrogen) atoms. The van der Waals surface area contributed by atoms with Crippen molar-refractivity contribution in [3.8, 4) is 5.75 Å². The standard InChI is InChI=1S/C39H34N2O6S2/c1-4-45-37(43)28-17-15-25(16-18-28)24-47-31-14-10-9-13-29(31)23-32-36(42)41-35(27-19-21-30(48-3)22-20-27)33(38(44)46-5-2)34(40-39(41)49-32)26-11-7-6-8-12-26/h6-23,35H,4-5,24H2,1-3H3/b32-23-/t35-/m0/s1. The molecule has 8 nitrogen and oxygen atoms in total. The first-order chi connectivity index (χ1) is 23.9. The van der Waals surface area contributed by atoms with E-state index in [1.54, 1.807) is 48.4 Å². The van der Waals surface area contributed by atoms with Crippen LogP contribution in [0.15, 0.2) is 123 Å². The summed E-state index contributed by atoms with van der Waals surface area (Å²) in [6.45, 7) is 4.27. The molecular weight excluding hydrogens is 657 g/mol. The number of nitrogens with zero attached hydrogens (tertiary/aromatic N) is 2. The minimum Gasteiger partial charge on any atom is -0.488 e. The second kappa shape index (κ2) is 15.4. The average molecular weight is 691 g/mol. The number of thioether (sulfide) groups is 1. The third-order valence-corrected chi connectivity index (χ3v) is 9.60. The summed E-state index contributed by atoms with van der Waals surface area (Å²) in [4.78, 5) is 46.6. The van der Waals surface area contributed by atoms with Crippen LogP contribution in [0.25, 0.3) is 11.8 Å². The molecule has 0 fully saturated rings. The molecule has 0 bridgehead atoms. The van der Waals surface area contributed by atoms with E-state index in [0.717, 1.165) is 21.6 Å². The summed E-state index contributed by atoms with van der Waals surface area (Å²) in [7, 11) is 0. The lowest BCUT2D eigenvalue weighted by Crippen LogP contribution is -2.40. The lowest BCUT2D eigenvalue weighted by atomic mass is 9.93. The van der Waals surface area contributed by atoms with Gasteiger partial charge in [0.1, 0.15) is 12.4 Å². The highest BCUT2D eigenvalue weighted by Gasteiger charge is 2.35. The Labute approximate surface area is 292 Å². The van der Waals surface area contributed by atoms with Gasteiger partial charge in [-0.3, -0.25) is 9.36 Å². The number of fused-ring (bicyclic) bond motifs is 1. The van der Waals surface area contributed by atoms with Gasteiger partial charge >= 0.3 is 11.9 Å². The number of hydrogen-bond acceptors (Lipinski definition) is 9. The van der Waals surface area contributed by atoms with Gasteiger partial charge in [0.2, 0.25) is 0 Å². The zero-order valence-corrected chi connectivity index (χ0v) is 28.9. The van der Waals surface area contributed by atoms with Crippen molar-refractivity contribution in [1.29, 1.82) is 0 Å². The van der Waals surface area contributed by atoms with E-state index in [4.69, 9.17) is 19.2 Å². The molecule has 0 spiro atoms. The van der Waals surface area contributed by atoms with Crippen molar-refractivity contribution in [2.24, 2.45) is 4.99 Å². The minimum atomic E-state index is -0.757. The maximum absolute atomic E-state index is 14.3. The fraction of sp³-hybridized carbons (Fsp3) is 0.179. The van der Waals surface area contributed by atoms with Crippen molar-refractivity contribution >= 4 is 46.8 Å². The van der Waals surface area contributed by atoms with Crippen LogP contribution < -0.4 is 19.6 Å². The van der Waals surface area contributed by atoms with Crippen molar-refractivity contribution < 1.29 is 23.8 Å². The molecule has 1 aliphatic heterocycles. The van der Waals surface area contributed by atoms with Crippen molar-refractivity contribution in [3.63, 3.8) is 0 Å². The molecule has 0 aliphatic carbocycles. The molecule has 10 heteroatoms. The van der Waals surface area contributed by atoms with Gasteiger partial charge in [-0.2, -0.15) is 0 Å². The highest BCUT2D eigenvalue weighted by Crippen LogP contribution is 2.35. The average Bonchev–Trinajstić information content (AvgIpc) is 3.45. The Morgan fingerprint density at radius 1 is 0.857 bits per heavy atom. The number of esters is 2. The van der Waals surface area contributed by atoms with Gasteiger partial charge in [-0.1, -0.05) is 84.1 Å². The second-order valence-corrected chi connectivity index (χ2v) is 12.8. The number of rotatable bonds is 11. The molecule has 0 N–H and O–H groups in total. The van der Waals surface area contributed by atoms with E-state index in [2.05, 4.69) is 0 Å². The Balaban J connectivity index is 1.43. The topological polar surface area (TPSA) is 96.2 Å². The molecule has 0 amide bonds. The zero-order valence-electron chi connectivity index (χ0n) is 27.3. The van der Waals surface area contributed by atoms with Crippen molar-refractivity contribution in [1.82, 2.24) is 4.57 Å². The number of thiazole rings is 1. The second-order valence-electron chi connectivity index (χ2n) is 10.9. The molecule has 4 aromatic carbocycles. The lowest BCUT2D eigenvalue weighted by molar-refractivity contribution is -0.138.